The Bertz CT molecular complexity index is 788. The van der Waals surface area contributed by atoms with Crippen molar-refractivity contribution in [2.45, 2.75) is 44.7 Å². The lowest BCUT2D eigenvalue weighted by Crippen LogP contribution is -2.47. The highest BCUT2D eigenvalue weighted by Crippen LogP contribution is 2.39. The summed E-state index contributed by atoms with van der Waals surface area (Å²) < 4.78 is 7.09. The summed E-state index contributed by atoms with van der Waals surface area (Å²) in [6.45, 7) is 3.36. The standard InChI is InChI=1S/C19H25N5O3/c1-13(14-4-5-14)24-12-16(11-20-24)22-19(26)21-15-6-8-23(9-7-15)18(25)17-3-2-10-27-17/h2-3,10-15H,4-9H2,1H3,(H2,21,22,26). The molecule has 1 saturated heterocycles. The van der Waals surface area contributed by atoms with E-state index < -0.39 is 0 Å². The van der Waals surface area contributed by atoms with Crippen molar-refractivity contribution in [3.05, 3.63) is 36.5 Å². The van der Waals surface area contributed by atoms with Gasteiger partial charge in [-0.25, -0.2) is 4.79 Å². The number of aromatic nitrogens is 2. The third-order valence-electron chi connectivity index (χ3n) is 5.43. The predicted molar refractivity (Wildman–Crippen MR) is 99.4 cm³/mol. The smallest absolute Gasteiger partial charge is 0.319 e. The number of furan rings is 1. The number of hydrogen-bond donors (Lipinski definition) is 2. The van der Waals surface area contributed by atoms with E-state index in [1.54, 1.807) is 23.2 Å². The van der Waals surface area contributed by atoms with Gasteiger partial charge < -0.3 is 20.0 Å². The quantitative estimate of drug-likeness (QED) is 0.845. The number of rotatable bonds is 5. The zero-order valence-corrected chi connectivity index (χ0v) is 15.4. The number of nitrogens with zero attached hydrogens (tertiary/aromatic N) is 3. The van der Waals surface area contributed by atoms with E-state index in [0.717, 1.165) is 12.8 Å². The number of carbonyl (C=O) groups is 2. The first kappa shape index (κ1) is 17.6. The maximum absolute atomic E-state index is 12.3. The molecule has 1 aliphatic carbocycles. The monoisotopic (exact) mass is 371 g/mol. The van der Waals surface area contributed by atoms with Gasteiger partial charge in [0.2, 0.25) is 0 Å². The van der Waals surface area contributed by atoms with Gasteiger partial charge in [-0.15, -0.1) is 0 Å². The molecule has 0 aromatic carbocycles. The largest absolute Gasteiger partial charge is 0.459 e. The fourth-order valence-corrected chi connectivity index (χ4v) is 3.56. The van der Waals surface area contributed by atoms with Crippen LogP contribution in [0.2, 0.25) is 0 Å². The Labute approximate surface area is 157 Å². The van der Waals surface area contributed by atoms with Crippen molar-refractivity contribution in [2.75, 3.05) is 18.4 Å². The molecule has 2 aromatic rings. The Hall–Kier alpha value is -2.77. The van der Waals surface area contributed by atoms with Gasteiger partial charge in [-0.3, -0.25) is 9.48 Å². The van der Waals surface area contributed by atoms with E-state index in [2.05, 4.69) is 22.7 Å². The second-order valence-electron chi connectivity index (χ2n) is 7.43. The van der Waals surface area contributed by atoms with Gasteiger partial charge in [0.15, 0.2) is 5.76 Å². The van der Waals surface area contributed by atoms with Crippen molar-refractivity contribution in [1.82, 2.24) is 20.0 Å². The molecule has 1 atom stereocenters. The first-order chi connectivity index (χ1) is 13.1. The zero-order valence-electron chi connectivity index (χ0n) is 15.4. The van der Waals surface area contributed by atoms with Crippen LogP contribution in [0, 0.1) is 5.92 Å². The van der Waals surface area contributed by atoms with Gasteiger partial charge >= 0.3 is 6.03 Å². The van der Waals surface area contributed by atoms with Gasteiger partial charge in [-0.05, 0) is 50.7 Å². The Morgan fingerprint density at radius 1 is 1.26 bits per heavy atom. The number of carbonyl (C=O) groups excluding carboxylic acids is 2. The Morgan fingerprint density at radius 3 is 2.70 bits per heavy atom. The summed E-state index contributed by atoms with van der Waals surface area (Å²) in [6.07, 6.45) is 9.02. The van der Waals surface area contributed by atoms with Crippen LogP contribution < -0.4 is 10.6 Å². The van der Waals surface area contributed by atoms with E-state index >= 15 is 0 Å². The molecule has 8 nitrogen and oxygen atoms in total. The molecule has 2 N–H and O–H groups in total. The number of likely N-dealkylation sites (tertiary alicyclic amines) is 1. The van der Waals surface area contributed by atoms with E-state index in [-0.39, 0.29) is 18.0 Å². The zero-order chi connectivity index (χ0) is 18.8. The van der Waals surface area contributed by atoms with Crippen molar-refractivity contribution in [3.8, 4) is 0 Å². The molecule has 1 aliphatic heterocycles. The summed E-state index contributed by atoms with van der Waals surface area (Å²) in [7, 11) is 0. The molecule has 1 unspecified atom stereocenters. The number of urea groups is 1. The molecule has 3 heterocycles. The van der Waals surface area contributed by atoms with Crippen LogP contribution in [0.25, 0.3) is 0 Å². The first-order valence-corrected chi connectivity index (χ1v) is 9.54. The number of nitrogens with one attached hydrogen (secondary N) is 2. The average Bonchev–Trinajstić information content (AvgIpc) is 3.17. The predicted octanol–water partition coefficient (Wildman–Crippen LogP) is 2.87. The molecular weight excluding hydrogens is 346 g/mol. The lowest BCUT2D eigenvalue weighted by atomic mass is 10.0. The fraction of sp³-hybridized carbons (Fsp3) is 0.526. The number of hydrogen-bond acceptors (Lipinski definition) is 4. The fourth-order valence-electron chi connectivity index (χ4n) is 3.56. The Balaban J connectivity index is 1.23. The molecule has 4 rings (SSSR count). The van der Waals surface area contributed by atoms with Crippen LogP contribution >= 0.6 is 0 Å². The van der Waals surface area contributed by atoms with Gasteiger partial charge in [0.1, 0.15) is 0 Å². The molecule has 8 heteroatoms. The first-order valence-electron chi connectivity index (χ1n) is 9.54. The summed E-state index contributed by atoms with van der Waals surface area (Å²) >= 11 is 0. The highest BCUT2D eigenvalue weighted by Gasteiger charge is 2.30. The molecule has 2 aliphatic rings. The molecule has 3 amide bonds. The topological polar surface area (TPSA) is 92.4 Å². The SMILES string of the molecule is CC(C1CC1)n1cc(NC(=O)NC2CCN(C(=O)c3ccco3)CC2)cn1. The van der Waals surface area contributed by atoms with Gasteiger partial charge in [-0.2, -0.15) is 5.10 Å². The lowest BCUT2D eigenvalue weighted by Gasteiger charge is -2.31. The molecule has 27 heavy (non-hydrogen) atoms. The molecule has 0 bridgehead atoms. The van der Waals surface area contributed by atoms with E-state index in [9.17, 15) is 9.59 Å². The Morgan fingerprint density at radius 2 is 2.04 bits per heavy atom. The molecule has 1 saturated carbocycles. The second kappa shape index (κ2) is 7.46. The van der Waals surface area contributed by atoms with Crippen LogP contribution in [-0.4, -0.2) is 45.8 Å². The van der Waals surface area contributed by atoms with Crippen LogP contribution in [0.1, 0.15) is 49.2 Å². The van der Waals surface area contributed by atoms with Crippen molar-refractivity contribution in [3.63, 3.8) is 0 Å². The van der Waals surface area contributed by atoms with Gasteiger partial charge in [0, 0.05) is 25.3 Å². The maximum atomic E-state index is 12.3. The van der Waals surface area contributed by atoms with E-state index in [1.807, 2.05) is 10.9 Å². The number of amides is 3. The number of piperidine rings is 1. The van der Waals surface area contributed by atoms with E-state index in [1.165, 1.54) is 19.1 Å². The summed E-state index contributed by atoms with van der Waals surface area (Å²) in [5.74, 6) is 0.970. The highest BCUT2D eigenvalue weighted by molar-refractivity contribution is 5.91. The summed E-state index contributed by atoms with van der Waals surface area (Å²) in [6, 6.07) is 3.57. The minimum Gasteiger partial charge on any atom is -0.459 e. The minimum absolute atomic E-state index is 0.0473. The lowest BCUT2D eigenvalue weighted by molar-refractivity contribution is 0.0676. The van der Waals surface area contributed by atoms with Gasteiger partial charge in [-0.1, -0.05) is 0 Å². The third-order valence-corrected chi connectivity index (χ3v) is 5.43. The maximum Gasteiger partial charge on any atom is 0.319 e. The molecule has 0 radical (unpaired) electrons. The van der Waals surface area contributed by atoms with Crippen molar-refractivity contribution < 1.29 is 14.0 Å². The van der Waals surface area contributed by atoms with Crippen LogP contribution in [0.15, 0.2) is 35.2 Å². The normalized spacial score (nSPS) is 18.9. The average molecular weight is 371 g/mol. The molecule has 144 valence electrons. The second-order valence-corrected chi connectivity index (χ2v) is 7.43. The van der Waals surface area contributed by atoms with Crippen LogP contribution in [0.5, 0.6) is 0 Å². The highest BCUT2D eigenvalue weighted by atomic mass is 16.3. The van der Waals surface area contributed by atoms with Crippen LogP contribution in [0.4, 0.5) is 10.5 Å². The third kappa shape index (κ3) is 4.15. The Kier molecular flexibility index (Phi) is 4.87. The summed E-state index contributed by atoms with van der Waals surface area (Å²) in [4.78, 5) is 26.3. The van der Waals surface area contributed by atoms with Crippen LogP contribution in [0.3, 0.4) is 0 Å². The van der Waals surface area contributed by atoms with Crippen LogP contribution in [-0.2, 0) is 0 Å². The van der Waals surface area contributed by atoms with Gasteiger partial charge in [0.25, 0.3) is 5.91 Å². The van der Waals surface area contributed by atoms with Crippen molar-refractivity contribution >= 4 is 17.6 Å². The molecular formula is C19H25N5O3. The summed E-state index contributed by atoms with van der Waals surface area (Å²) in [5.41, 5.74) is 0.699. The number of anilines is 1. The van der Waals surface area contributed by atoms with E-state index in [0.29, 0.717) is 36.5 Å². The van der Waals surface area contributed by atoms with Gasteiger partial charge in [0.05, 0.1) is 24.2 Å². The van der Waals surface area contributed by atoms with Crippen molar-refractivity contribution in [1.29, 1.82) is 0 Å². The molecule has 2 fully saturated rings. The molecule has 2 aromatic heterocycles. The van der Waals surface area contributed by atoms with Crippen molar-refractivity contribution in [2.24, 2.45) is 5.92 Å². The van der Waals surface area contributed by atoms with E-state index in [4.69, 9.17) is 4.42 Å². The minimum atomic E-state index is -0.232. The summed E-state index contributed by atoms with van der Waals surface area (Å²) in [5, 5.41) is 10.2. The molecule has 0 spiro atoms.